The molecule has 124 valence electrons. The third-order valence-corrected chi connectivity index (χ3v) is 4.62. The van der Waals surface area contributed by atoms with Crippen LogP contribution in [-0.2, 0) is 18.6 Å². The topological polar surface area (TPSA) is 65.1 Å². The molecular weight excluding hydrogens is 305 g/mol. The zero-order valence-electron chi connectivity index (χ0n) is 13.5. The summed E-state index contributed by atoms with van der Waals surface area (Å²) in [5, 5.41) is 0. The summed E-state index contributed by atoms with van der Waals surface area (Å²) in [4.78, 5) is 13.6. The van der Waals surface area contributed by atoms with Crippen LogP contribution in [0.3, 0.4) is 0 Å². The van der Waals surface area contributed by atoms with Gasteiger partial charge in [0.25, 0.3) is 0 Å². The average molecular weight is 329 g/mol. The Balaban J connectivity index is 2.81. The van der Waals surface area contributed by atoms with Gasteiger partial charge in [0, 0.05) is 6.54 Å². The molecule has 0 amide bonds. The summed E-state index contributed by atoms with van der Waals surface area (Å²) in [6, 6.07) is 8.78. The summed E-state index contributed by atoms with van der Waals surface area (Å²) in [5.41, 5.74) is 0. The third kappa shape index (κ3) is 6.60. The number of nitrogens with zero attached hydrogens (tertiary/aromatic N) is 1. The molecule has 0 spiro atoms. The van der Waals surface area contributed by atoms with Crippen LogP contribution in [0.25, 0.3) is 0 Å². The Morgan fingerprint density at radius 2 is 1.91 bits per heavy atom. The lowest BCUT2D eigenvalue weighted by Gasteiger charge is -2.23. The maximum atomic E-state index is 12.9. The number of hydrogen-bond donors (Lipinski definition) is 0. The first-order valence-corrected chi connectivity index (χ1v) is 8.92. The van der Waals surface area contributed by atoms with Gasteiger partial charge in [-0.25, -0.2) is 9.36 Å². The molecule has 1 aromatic rings. The smallest absolute Gasteiger partial charge is 0.381 e. The summed E-state index contributed by atoms with van der Waals surface area (Å²) in [6.45, 7) is 3.97. The number of esters is 1. The number of para-hydroxylation sites is 1. The number of rotatable bonds is 9. The largest absolute Gasteiger partial charge is 0.464 e. The van der Waals surface area contributed by atoms with Gasteiger partial charge in [0.2, 0.25) is 0 Å². The Hall–Kier alpha value is -1.36. The molecule has 0 aliphatic heterocycles. The normalized spacial score (nSPS) is 15.1. The molecule has 7 heteroatoms. The van der Waals surface area contributed by atoms with Crippen molar-refractivity contribution in [1.82, 2.24) is 4.90 Å². The second-order valence-electron chi connectivity index (χ2n) is 5.04. The van der Waals surface area contributed by atoms with Gasteiger partial charge in [0.15, 0.2) is 6.10 Å². The van der Waals surface area contributed by atoms with Crippen molar-refractivity contribution in [1.29, 1.82) is 0 Å². The number of carbonyl (C=O) groups excluding carboxylic acids is 1. The predicted octanol–water partition coefficient (Wildman–Crippen LogP) is 2.79. The van der Waals surface area contributed by atoms with Crippen molar-refractivity contribution >= 4 is 13.6 Å². The van der Waals surface area contributed by atoms with Gasteiger partial charge in [-0.1, -0.05) is 18.2 Å². The molecule has 22 heavy (non-hydrogen) atoms. The van der Waals surface area contributed by atoms with Crippen molar-refractivity contribution in [2.45, 2.75) is 20.0 Å². The fourth-order valence-electron chi connectivity index (χ4n) is 1.63. The lowest BCUT2D eigenvalue weighted by atomic mass is 10.3. The third-order valence-electron chi connectivity index (χ3n) is 2.75. The van der Waals surface area contributed by atoms with Gasteiger partial charge in [-0.15, -0.1) is 0 Å². The van der Waals surface area contributed by atoms with Crippen molar-refractivity contribution in [2.24, 2.45) is 0 Å². The molecule has 0 heterocycles. The zero-order valence-corrected chi connectivity index (χ0v) is 14.4. The molecule has 0 saturated heterocycles. The van der Waals surface area contributed by atoms with Gasteiger partial charge < -0.3 is 14.2 Å². The second-order valence-corrected chi connectivity index (χ2v) is 7.10. The Morgan fingerprint density at radius 1 is 1.27 bits per heavy atom. The van der Waals surface area contributed by atoms with Crippen LogP contribution < -0.4 is 4.52 Å². The van der Waals surface area contributed by atoms with E-state index in [2.05, 4.69) is 0 Å². The Kier molecular flexibility index (Phi) is 7.59. The molecule has 2 atom stereocenters. The minimum absolute atomic E-state index is 0.179. The van der Waals surface area contributed by atoms with E-state index in [1.165, 1.54) is 6.92 Å². The van der Waals surface area contributed by atoms with Crippen molar-refractivity contribution in [3.63, 3.8) is 0 Å². The maximum Gasteiger partial charge on any atom is 0.381 e. The highest BCUT2D eigenvalue weighted by atomic mass is 31.2. The minimum Gasteiger partial charge on any atom is -0.464 e. The first-order chi connectivity index (χ1) is 10.4. The standard InChI is InChI=1S/C15H24NO5P/c1-5-19-15(17)13(2)20-22(18,12-11-16(3)4)21-14-9-7-6-8-10-14/h6-10,13H,5,11-12H2,1-4H3/t13-,22?/m0/s1. The molecule has 0 saturated carbocycles. The van der Waals surface area contributed by atoms with E-state index in [0.717, 1.165) is 0 Å². The van der Waals surface area contributed by atoms with Crippen LogP contribution in [0.2, 0.25) is 0 Å². The molecule has 0 N–H and O–H groups in total. The summed E-state index contributed by atoms with van der Waals surface area (Å²) < 4.78 is 28.8. The van der Waals surface area contributed by atoms with Gasteiger partial charge in [-0.2, -0.15) is 0 Å². The van der Waals surface area contributed by atoms with E-state index in [9.17, 15) is 9.36 Å². The van der Waals surface area contributed by atoms with Crippen molar-refractivity contribution < 1.29 is 23.1 Å². The van der Waals surface area contributed by atoms with Crippen molar-refractivity contribution in [2.75, 3.05) is 33.4 Å². The zero-order chi connectivity index (χ0) is 16.6. The lowest BCUT2D eigenvalue weighted by Crippen LogP contribution is -2.26. The Bertz CT molecular complexity index is 506. The molecule has 0 aliphatic carbocycles. The van der Waals surface area contributed by atoms with Crippen LogP contribution in [0.15, 0.2) is 30.3 Å². The molecule has 1 aromatic carbocycles. The van der Waals surface area contributed by atoms with E-state index in [1.54, 1.807) is 31.2 Å². The summed E-state index contributed by atoms with van der Waals surface area (Å²) in [7, 11) is 0.254. The van der Waals surface area contributed by atoms with Gasteiger partial charge in [0.1, 0.15) is 5.75 Å². The van der Waals surface area contributed by atoms with Gasteiger partial charge in [-0.05, 0) is 40.1 Å². The van der Waals surface area contributed by atoms with E-state index in [4.69, 9.17) is 13.8 Å². The van der Waals surface area contributed by atoms with Crippen LogP contribution in [0.4, 0.5) is 0 Å². The van der Waals surface area contributed by atoms with Crippen LogP contribution in [-0.4, -0.2) is 50.4 Å². The van der Waals surface area contributed by atoms with Gasteiger partial charge in [0.05, 0.1) is 12.8 Å². The number of ether oxygens (including phenoxy) is 1. The molecule has 0 aliphatic rings. The molecule has 0 bridgehead atoms. The Labute approximate surface area is 131 Å². The first-order valence-electron chi connectivity index (χ1n) is 7.20. The van der Waals surface area contributed by atoms with Crippen LogP contribution in [0, 0.1) is 0 Å². The van der Waals surface area contributed by atoms with Crippen LogP contribution in [0.1, 0.15) is 13.8 Å². The van der Waals surface area contributed by atoms with E-state index < -0.39 is 19.7 Å². The maximum absolute atomic E-state index is 12.9. The number of carbonyl (C=O) groups is 1. The molecule has 0 fully saturated rings. The highest BCUT2D eigenvalue weighted by Gasteiger charge is 2.32. The van der Waals surface area contributed by atoms with Crippen molar-refractivity contribution in [3.8, 4) is 5.75 Å². The molecule has 6 nitrogen and oxygen atoms in total. The minimum atomic E-state index is -3.47. The monoisotopic (exact) mass is 329 g/mol. The summed E-state index contributed by atoms with van der Waals surface area (Å²) in [6.07, 6.45) is -0.768. The highest BCUT2D eigenvalue weighted by molar-refractivity contribution is 7.54. The molecule has 0 aromatic heterocycles. The fraction of sp³-hybridized carbons (Fsp3) is 0.533. The predicted molar refractivity (Wildman–Crippen MR) is 85.3 cm³/mol. The van der Waals surface area contributed by atoms with Crippen LogP contribution in [0.5, 0.6) is 5.75 Å². The van der Waals surface area contributed by atoms with Gasteiger partial charge >= 0.3 is 13.6 Å². The fourth-order valence-corrected chi connectivity index (χ4v) is 3.52. The highest BCUT2D eigenvalue weighted by Crippen LogP contribution is 2.49. The SMILES string of the molecule is CCOC(=O)[C@H](C)OP(=O)(CCN(C)C)Oc1ccccc1. The lowest BCUT2D eigenvalue weighted by molar-refractivity contribution is -0.150. The second kappa shape index (κ2) is 8.93. The van der Waals surface area contributed by atoms with Crippen molar-refractivity contribution in [3.05, 3.63) is 30.3 Å². The van der Waals surface area contributed by atoms with Gasteiger partial charge in [-0.3, -0.25) is 4.52 Å². The number of benzene rings is 1. The van der Waals surface area contributed by atoms with Crippen LogP contribution >= 0.6 is 7.60 Å². The van der Waals surface area contributed by atoms with E-state index in [1.807, 2.05) is 25.1 Å². The molecule has 0 radical (unpaired) electrons. The first kappa shape index (κ1) is 18.7. The number of hydrogen-bond acceptors (Lipinski definition) is 6. The molecular formula is C15H24NO5P. The quantitative estimate of drug-likeness (QED) is 0.513. The molecule has 1 unspecified atom stereocenters. The molecule has 1 rings (SSSR count). The van der Waals surface area contributed by atoms with E-state index in [0.29, 0.717) is 12.3 Å². The van der Waals surface area contributed by atoms with E-state index in [-0.39, 0.29) is 12.8 Å². The average Bonchev–Trinajstić information content (AvgIpc) is 2.46. The summed E-state index contributed by atoms with van der Waals surface area (Å²) >= 11 is 0. The Morgan fingerprint density at radius 3 is 2.45 bits per heavy atom. The van der Waals surface area contributed by atoms with E-state index >= 15 is 0 Å². The summed E-state index contributed by atoms with van der Waals surface area (Å²) in [5.74, 6) is -0.107.